The second kappa shape index (κ2) is 7.76. The number of hydrogen-bond acceptors (Lipinski definition) is 5. The molecule has 1 saturated carbocycles. The van der Waals surface area contributed by atoms with Crippen LogP contribution in [-0.2, 0) is 4.79 Å². The van der Waals surface area contributed by atoms with Crippen molar-refractivity contribution in [2.75, 3.05) is 5.32 Å². The SMILES string of the molecule is CCCCC(Nc1ccc(C(=O)NC2CC2)cc1[N+](=O)[O-])C(=O)O. The van der Waals surface area contributed by atoms with Gasteiger partial charge in [0.15, 0.2) is 0 Å². The van der Waals surface area contributed by atoms with E-state index in [1.54, 1.807) is 0 Å². The third kappa shape index (κ3) is 4.68. The van der Waals surface area contributed by atoms with Gasteiger partial charge in [0, 0.05) is 17.7 Å². The molecule has 1 aromatic rings. The topological polar surface area (TPSA) is 122 Å². The first-order valence-electron chi connectivity index (χ1n) is 8.01. The van der Waals surface area contributed by atoms with E-state index in [4.69, 9.17) is 0 Å². The molecule has 0 saturated heterocycles. The zero-order valence-corrected chi connectivity index (χ0v) is 13.4. The normalized spacial score (nSPS) is 14.7. The van der Waals surface area contributed by atoms with Crippen molar-refractivity contribution in [3.8, 4) is 0 Å². The summed E-state index contributed by atoms with van der Waals surface area (Å²) >= 11 is 0. The van der Waals surface area contributed by atoms with Gasteiger partial charge in [-0.3, -0.25) is 14.9 Å². The van der Waals surface area contributed by atoms with E-state index < -0.39 is 16.9 Å². The van der Waals surface area contributed by atoms with E-state index in [1.165, 1.54) is 18.2 Å². The van der Waals surface area contributed by atoms with E-state index in [0.717, 1.165) is 19.3 Å². The molecule has 3 N–H and O–H groups in total. The average molecular weight is 335 g/mol. The molecular weight excluding hydrogens is 314 g/mol. The molecule has 0 spiro atoms. The van der Waals surface area contributed by atoms with Gasteiger partial charge in [-0.25, -0.2) is 4.79 Å². The third-order valence-electron chi connectivity index (χ3n) is 3.84. The fourth-order valence-corrected chi connectivity index (χ4v) is 2.30. The van der Waals surface area contributed by atoms with Crippen molar-refractivity contribution < 1.29 is 19.6 Å². The first kappa shape index (κ1) is 17.7. The number of nitro groups is 1. The summed E-state index contributed by atoms with van der Waals surface area (Å²) in [5, 5.41) is 26.0. The minimum absolute atomic E-state index is 0.103. The molecule has 1 aliphatic carbocycles. The maximum atomic E-state index is 12.0. The second-order valence-corrected chi connectivity index (χ2v) is 5.91. The molecule has 2 rings (SSSR count). The standard InChI is InChI=1S/C16H21N3O5/c1-2-3-4-13(16(21)22)18-12-8-5-10(9-14(12)19(23)24)15(20)17-11-6-7-11/h5,8-9,11,13,18H,2-4,6-7H2,1H3,(H,17,20)(H,21,22). The number of nitrogens with one attached hydrogen (secondary N) is 2. The number of nitro benzene ring substituents is 1. The van der Waals surface area contributed by atoms with Crippen molar-refractivity contribution in [3.63, 3.8) is 0 Å². The molecule has 0 aromatic heterocycles. The molecular formula is C16H21N3O5. The van der Waals surface area contributed by atoms with Crippen LogP contribution in [0, 0.1) is 10.1 Å². The molecule has 24 heavy (non-hydrogen) atoms. The molecule has 1 atom stereocenters. The first-order chi connectivity index (χ1) is 11.4. The summed E-state index contributed by atoms with van der Waals surface area (Å²) < 4.78 is 0. The van der Waals surface area contributed by atoms with Gasteiger partial charge >= 0.3 is 5.97 Å². The molecule has 1 aliphatic rings. The van der Waals surface area contributed by atoms with E-state index in [9.17, 15) is 24.8 Å². The quantitative estimate of drug-likeness (QED) is 0.471. The number of carbonyl (C=O) groups excluding carboxylic acids is 1. The summed E-state index contributed by atoms with van der Waals surface area (Å²) in [4.78, 5) is 34.0. The second-order valence-electron chi connectivity index (χ2n) is 5.91. The molecule has 0 heterocycles. The Bertz CT molecular complexity index is 643. The van der Waals surface area contributed by atoms with E-state index in [-0.39, 0.29) is 28.9 Å². The summed E-state index contributed by atoms with van der Waals surface area (Å²) in [5.41, 5.74) is -0.00717. The number of anilines is 1. The summed E-state index contributed by atoms with van der Waals surface area (Å²) in [6.07, 6.45) is 3.73. The number of carboxylic acids is 1. The van der Waals surface area contributed by atoms with Gasteiger partial charge in [0.05, 0.1) is 4.92 Å². The lowest BCUT2D eigenvalue weighted by molar-refractivity contribution is -0.384. The summed E-state index contributed by atoms with van der Waals surface area (Å²) in [6.45, 7) is 1.94. The third-order valence-corrected chi connectivity index (χ3v) is 3.84. The van der Waals surface area contributed by atoms with Gasteiger partial charge in [0.2, 0.25) is 0 Å². The van der Waals surface area contributed by atoms with Gasteiger partial charge < -0.3 is 15.7 Å². The number of carboxylic acid groups (broad SMARTS) is 1. The number of amides is 1. The zero-order chi connectivity index (χ0) is 17.7. The Morgan fingerprint density at radius 3 is 2.67 bits per heavy atom. The highest BCUT2D eigenvalue weighted by molar-refractivity contribution is 5.96. The molecule has 0 aliphatic heterocycles. The van der Waals surface area contributed by atoms with Crippen LogP contribution in [0.2, 0.25) is 0 Å². The predicted molar refractivity (Wildman–Crippen MR) is 88.2 cm³/mol. The van der Waals surface area contributed by atoms with Gasteiger partial charge in [-0.2, -0.15) is 0 Å². The van der Waals surface area contributed by atoms with Crippen LogP contribution in [0.3, 0.4) is 0 Å². The van der Waals surface area contributed by atoms with Gasteiger partial charge in [-0.1, -0.05) is 19.8 Å². The van der Waals surface area contributed by atoms with Crippen molar-refractivity contribution in [2.24, 2.45) is 0 Å². The average Bonchev–Trinajstić information content (AvgIpc) is 3.34. The highest BCUT2D eigenvalue weighted by Gasteiger charge is 2.26. The van der Waals surface area contributed by atoms with Crippen LogP contribution in [0.4, 0.5) is 11.4 Å². The molecule has 8 heteroatoms. The van der Waals surface area contributed by atoms with Gasteiger partial charge in [0.1, 0.15) is 11.7 Å². The lowest BCUT2D eigenvalue weighted by Crippen LogP contribution is -2.29. The number of nitrogens with zero attached hydrogens (tertiary/aromatic N) is 1. The smallest absolute Gasteiger partial charge is 0.326 e. The van der Waals surface area contributed by atoms with Crippen molar-refractivity contribution in [1.29, 1.82) is 0 Å². The lowest BCUT2D eigenvalue weighted by atomic mass is 10.1. The van der Waals surface area contributed by atoms with Crippen LogP contribution in [-0.4, -0.2) is 34.0 Å². The molecule has 1 fully saturated rings. The monoisotopic (exact) mass is 335 g/mol. The molecule has 8 nitrogen and oxygen atoms in total. The Labute approximate surface area is 139 Å². The van der Waals surface area contributed by atoms with Gasteiger partial charge in [0.25, 0.3) is 11.6 Å². The van der Waals surface area contributed by atoms with E-state index in [0.29, 0.717) is 12.8 Å². The largest absolute Gasteiger partial charge is 0.480 e. The fourth-order valence-electron chi connectivity index (χ4n) is 2.30. The van der Waals surface area contributed by atoms with Crippen LogP contribution in [0.5, 0.6) is 0 Å². The number of unbranched alkanes of at least 4 members (excludes halogenated alkanes) is 1. The molecule has 1 amide bonds. The maximum Gasteiger partial charge on any atom is 0.326 e. The number of rotatable bonds is 9. The van der Waals surface area contributed by atoms with Gasteiger partial charge in [-0.05, 0) is 31.4 Å². The highest BCUT2D eigenvalue weighted by atomic mass is 16.6. The molecule has 1 aromatic carbocycles. The summed E-state index contributed by atoms with van der Waals surface area (Å²) in [7, 11) is 0. The Morgan fingerprint density at radius 2 is 2.12 bits per heavy atom. The zero-order valence-electron chi connectivity index (χ0n) is 13.4. The molecule has 0 bridgehead atoms. The van der Waals surface area contributed by atoms with E-state index in [1.807, 2.05) is 6.92 Å². The van der Waals surface area contributed by atoms with Crippen LogP contribution >= 0.6 is 0 Å². The van der Waals surface area contributed by atoms with Crippen LogP contribution in [0.25, 0.3) is 0 Å². The molecule has 0 radical (unpaired) electrons. The Hall–Kier alpha value is -2.64. The van der Waals surface area contributed by atoms with E-state index >= 15 is 0 Å². The first-order valence-corrected chi connectivity index (χ1v) is 8.01. The fraction of sp³-hybridized carbons (Fsp3) is 0.500. The van der Waals surface area contributed by atoms with Crippen LogP contribution in [0.15, 0.2) is 18.2 Å². The number of aliphatic carboxylic acids is 1. The molecule has 1 unspecified atom stereocenters. The van der Waals surface area contributed by atoms with E-state index in [2.05, 4.69) is 10.6 Å². The minimum Gasteiger partial charge on any atom is -0.480 e. The van der Waals surface area contributed by atoms with Crippen LogP contribution < -0.4 is 10.6 Å². The Morgan fingerprint density at radius 1 is 1.42 bits per heavy atom. The van der Waals surface area contributed by atoms with Crippen molar-refractivity contribution in [2.45, 2.75) is 51.1 Å². The van der Waals surface area contributed by atoms with Crippen molar-refractivity contribution >= 4 is 23.3 Å². The lowest BCUT2D eigenvalue weighted by Gasteiger charge is -2.16. The Kier molecular flexibility index (Phi) is 5.73. The highest BCUT2D eigenvalue weighted by Crippen LogP contribution is 2.28. The summed E-state index contributed by atoms with van der Waals surface area (Å²) in [6, 6.07) is 3.28. The summed E-state index contributed by atoms with van der Waals surface area (Å²) in [5.74, 6) is -1.42. The number of hydrogen-bond donors (Lipinski definition) is 3. The molecule has 130 valence electrons. The predicted octanol–water partition coefficient (Wildman–Crippen LogP) is 2.54. The Balaban J connectivity index is 2.20. The number of carbonyl (C=O) groups is 2. The van der Waals surface area contributed by atoms with Gasteiger partial charge in [-0.15, -0.1) is 0 Å². The number of benzene rings is 1. The maximum absolute atomic E-state index is 12.0. The van der Waals surface area contributed by atoms with Crippen molar-refractivity contribution in [3.05, 3.63) is 33.9 Å². The minimum atomic E-state index is -1.06. The van der Waals surface area contributed by atoms with Crippen LogP contribution in [0.1, 0.15) is 49.4 Å². The van der Waals surface area contributed by atoms with Crippen molar-refractivity contribution in [1.82, 2.24) is 5.32 Å².